The van der Waals surface area contributed by atoms with Crippen LogP contribution in [0.1, 0.15) is 29.7 Å². The molecule has 2 aromatic rings. The van der Waals surface area contributed by atoms with Crippen LogP contribution in [0.4, 0.5) is 5.69 Å². The molecule has 1 saturated heterocycles. The van der Waals surface area contributed by atoms with Gasteiger partial charge in [0, 0.05) is 5.69 Å². The van der Waals surface area contributed by atoms with E-state index in [9.17, 15) is 9.59 Å². The Balaban J connectivity index is 1.54. The summed E-state index contributed by atoms with van der Waals surface area (Å²) in [4.78, 5) is 26.8. The van der Waals surface area contributed by atoms with Crippen molar-refractivity contribution >= 4 is 17.5 Å². The summed E-state index contributed by atoms with van der Waals surface area (Å²) in [6, 6.07) is 9.31. The van der Waals surface area contributed by atoms with Gasteiger partial charge in [0.15, 0.2) is 0 Å². The molecule has 1 aromatic carbocycles. The zero-order chi connectivity index (χ0) is 18.5. The van der Waals surface area contributed by atoms with Crippen molar-refractivity contribution in [2.45, 2.75) is 39.3 Å². The Labute approximate surface area is 153 Å². The molecule has 0 saturated carbocycles. The van der Waals surface area contributed by atoms with E-state index in [-0.39, 0.29) is 24.4 Å². The van der Waals surface area contributed by atoms with Gasteiger partial charge in [0.25, 0.3) is 0 Å². The van der Waals surface area contributed by atoms with Crippen LogP contribution in [0.15, 0.2) is 41.0 Å². The van der Waals surface area contributed by atoms with Crippen molar-refractivity contribution in [3.05, 3.63) is 53.5 Å². The molecule has 1 atom stereocenters. The molecule has 0 bridgehead atoms. The number of nitrogens with zero attached hydrogens (tertiary/aromatic N) is 1. The highest BCUT2D eigenvalue weighted by Gasteiger charge is 2.31. The van der Waals surface area contributed by atoms with Crippen molar-refractivity contribution < 1.29 is 14.0 Å². The van der Waals surface area contributed by atoms with E-state index in [2.05, 4.69) is 16.7 Å². The molecule has 138 valence electrons. The van der Waals surface area contributed by atoms with Gasteiger partial charge in [0.2, 0.25) is 11.8 Å². The lowest BCUT2D eigenvalue weighted by Gasteiger charge is -2.23. The van der Waals surface area contributed by atoms with Crippen molar-refractivity contribution in [3.8, 4) is 0 Å². The highest BCUT2D eigenvalue weighted by molar-refractivity contribution is 5.93. The normalized spacial score (nSPS) is 17.2. The number of carbonyl (C=O) groups excluding carboxylic acids is 2. The summed E-state index contributed by atoms with van der Waals surface area (Å²) in [5, 5.41) is 5.83. The fraction of sp³-hybridized carbons (Fsp3) is 0.400. The number of carbonyl (C=O) groups is 2. The second-order valence-corrected chi connectivity index (χ2v) is 6.85. The van der Waals surface area contributed by atoms with Crippen LogP contribution in [0.3, 0.4) is 0 Å². The molecule has 2 N–H and O–H groups in total. The summed E-state index contributed by atoms with van der Waals surface area (Å²) in [6.45, 7) is 5.33. The lowest BCUT2D eigenvalue weighted by atomic mass is 10.1. The maximum Gasteiger partial charge on any atom is 0.238 e. The topological polar surface area (TPSA) is 74.6 Å². The van der Waals surface area contributed by atoms with Gasteiger partial charge in [-0.05, 0) is 68.6 Å². The summed E-state index contributed by atoms with van der Waals surface area (Å²) in [7, 11) is 0. The molecule has 1 aromatic heterocycles. The van der Waals surface area contributed by atoms with Gasteiger partial charge < -0.3 is 15.1 Å². The number of benzene rings is 1. The second kappa shape index (κ2) is 8.19. The van der Waals surface area contributed by atoms with Gasteiger partial charge >= 0.3 is 0 Å². The molecule has 6 nitrogen and oxygen atoms in total. The Hall–Kier alpha value is -2.60. The van der Waals surface area contributed by atoms with Crippen LogP contribution >= 0.6 is 0 Å². The van der Waals surface area contributed by atoms with Gasteiger partial charge in [0.05, 0.1) is 25.4 Å². The molecule has 0 spiro atoms. The van der Waals surface area contributed by atoms with Crippen LogP contribution in [0.2, 0.25) is 0 Å². The lowest BCUT2D eigenvalue weighted by molar-refractivity contribution is -0.126. The number of hydrogen-bond acceptors (Lipinski definition) is 4. The summed E-state index contributed by atoms with van der Waals surface area (Å²) >= 11 is 0. The fourth-order valence-corrected chi connectivity index (χ4v) is 3.45. The van der Waals surface area contributed by atoms with Crippen LogP contribution < -0.4 is 10.6 Å². The summed E-state index contributed by atoms with van der Waals surface area (Å²) in [5.41, 5.74) is 3.01. The van der Waals surface area contributed by atoms with E-state index in [0.717, 1.165) is 42.0 Å². The maximum absolute atomic E-state index is 12.5. The van der Waals surface area contributed by atoms with Crippen molar-refractivity contribution in [1.82, 2.24) is 10.2 Å². The molecule has 6 heteroatoms. The third-order valence-electron chi connectivity index (χ3n) is 4.54. The average molecular weight is 355 g/mol. The van der Waals surface area contributed by atoms with Crippen LogP contribution in [0.5, 0.6) is 0 Å². The van der Waals surface area contributed by atoms with E-state index in [1.165, 1.54) is 0 Å². The largest absolute Gasteiger partial charge is 0.467 e. The van der Waals surface area contributed by atoms with Crippen LogP contribution in [-0.2, 0) is 16.1 Å². The van der Waals surface area contributed by atoms with E-state index in [4.69, 9.17) is 4.42 Å². The first-order valence-corrected chi connectivity index (χ1v) is 8.93. The highest BCUT2D eigenvalue weighted by atomic mass is 16.3. The maximum atomic E-state index is 12.5. The third kappa shape index (κ3) is 4.73. The quantitative estimate of drug-likeness (QED) is 0.835. The first-order valence-electron chi connectivity index (χ1n) is 8.93. The molecule has 1 aliphatic heterocycles. The van der Waals surface area contributed by atoms with Gasteiger partial charge in [0.1, 0.15) is 5.76 Å². The summed E-state index contributed by atoms with van der Waals surface area (Å²) in [5.74, 6) is 0.564. The predicted octanol–water partition coefficient (Wildman–Crippen LogP) is 2.62. The van der Waals surface area contributed by atoms with Gasteiger partial charge in [-0.25, -0.2) is 0 Å². The van der Waals surface area contributed by atoms with E-state index < -0.39 is 0 Å². The predicted molar refractivity (Wildman–Crippen MR) is 99.7 cm³/mol. The van der Waals surface area contributed by atoms with Gasteiger partial charge in [-0.15, -0.1) is 0 Å². The molecule has 0 radical (unpaired) electrons. The Morgan fingerprint density at radius 3 is 2.69 bits per heavy atom. The SMILES string of the molecule is Cc1cc(C)cc(NC(=O)CN2CCCC2C(=O)NCc2ccco2)c1. The summed E-state index contributed by atoms with van der Waals surface area (Å²) < 4.78 is 5.23. The smallest absolute Gasteiger partial charge is 0.238 e. The molecular formula is C20H25N3O3. The Bertz CT molecular complexity index is 750. The van der Waals surface area contributed by atoms with Crippen molar-refractivity contribution in [2.75, 3.05) is 18.4 Å². The second-order valence-electron chi connectivity index (χ2n) is 6.85. The van der Waals surface area contributed by atoms with E-state index in [1.807, 2.05) is 36.9 Å². The zero-order valence-electron chi connectivity index (χ0n) is 15.2. The summed E-state index contributed by atoms with van der Waals surface area (Å²) in [6.07, 6.45) is 3.26. The fourth-order valence-electron chi connectivity index (χ4n) is 3.45. The van der Waals surface area contributed by atoms with Gasteiger partial charge in [-0.3, -0.25) is 14.5 Å². The average Bonchev–Trinajstić information content (AvgIpc) is 3.23. The number of rotatable bonds is 6. The Kier molecular flexibility index (Phi) is 5.73. The van der Waals surface area contributed by atoms with E-state index in [0.29, 0.717) is 6.54 Å². The van der Waals surface area contributed by atoms with Crippen molar-refractivity contribution in [3.63, 3.8) is 0 Å². The molecule has 26 heavy (non-hydrogen) atoms. The Morgan fingerprint density at radius 1 is 1.23 bits per heavy atom. The van der Waals surface area contributed by atoms with Crippen molar-refractivity contribution in [2.24, 2.45) is 0 Å². The number of hydrogen-bond donors (Lipinski definition) is 2. The number of furan rings is 1. The molecule has 1 aliphatic rings. The molecule has 1 fully saturated rings. The van der Waals surface area contributed by atoms with Crippen molar-refractivity contribution in [1.29, 1.82) is 0 Å². The third-order valence-corrected chi connectivity index (χ3v) is 4.54. The standard InChI is InChI=1S/C20H25N3O3/c1-14-9-15(2)11-16(10-14)22-19(24)13-23-7-3-6-18(23)20(25)21-12-17-5-4-8-26-17/h4-5,8-11,18H,3,6-7,12-13H2,1-2H3,(H,21,25)(H,22,24). The molecule has 1 unspecified atom stereocenters. The lowest BCUT2D eigenvalue weighted by Crippen LogP contribution is -2.45. The number of aryl methyl sites for hydroxylation is 2. The Morgan fingerprint density at radius 2 is 2.00 bits per heavy atom. The minimum Gasteiger partial charge on any atom is -0.467 e. The minimum atomic E-state index is -0.269. The van der Waals surface area contributed by atoms with Crippen LogP contribution in [0.25, 0.3) is 0 Å². The van der Waals surface area contributed by atoms with Gasteiger partial charge in [-0.2, -0.15) is 0 Å². The molecule has 3 rings (SSSR count). The van der Waals surface area contributed by atoms with E-state index in [1.54, 1.807) is 12.3 Å². The first kappa shape index (κ1) is 18.2. The first-order chi connectivity index (χ1) is 12.5. The number of anilines is 1. The zero-order valence-corrected chi connectivity index (χ0v) is 15.2. The monoisotopic (exact) mass is 355 g/mol. The number of nitrogens with one attached hydrogen (secondary N) is 2. The highest BCUT2D eigenvalue weighted by Crippen LogP contribution is 2.18. The molecule has 2 amide bonds. The molecule has 2 heterocycles. The number of amides is 2. The minimum absolute atomic E-state index is 0.0573. The van der Waals surface area contributed by atoms with Gasteiger partial charge in [-0.1, -0.05) is 6.07 Å². The molecular weight excluding hydrogens is 330 g/mol. The van der Waals surface area contributed by atoms with Crippen LogP contribution in [0, 0.1) is 13.8 Å². The van der Waals surface area contributed by atoms with Crippen LogP contribution in [-0.4, -0.2) is 35.8 Å². The van der Waals surface area contributed by atoms with E-state index >= 15 is 0 Å². The number of likely N-dealkylation sites (tertiary alicyclic amines) is 1. The molecule has 0 aliphatic carbocycles.